The number of methoxy groups -OCH3 is 1. The van der Waals surface area contributed by atoms with Crippen molar-refractivity contribution in [1.29, 1.82) is 0 Å². The molecule has 0 spiro atoms. The van der Waals surface area contributed by atoms with Crippen molar-refractivity contribution in [3.63, 3.8) is 0 Å². The predicted octanol–water partition coefficient (Wildman–Crippen LogP) is 0.537. The standard InChI is InChI=1S/C9H18O4/c1-11-5-6-12-7-13-9-4-2-3-8(9)10/h8-10H,2-7H2,1H3. The Hall–Kier alpha value is -0.160. The number of hydrogen-bond donors (Lipinski definition) is 1. The fourth-order valence-corrected chi connectivity index (χ4v) is 1.44. The zero-order valence-electron chi connectivity index (χ0n) is 8.07. The van der Waals surface area contributed by atoms with Gasteiger partial charge >= 0.3 is 0 Å². The topological polar surface area (TPSA) is 47.9 Å². The van der Waals surface area contributed by atoms with E-state index in [1.54, 1.807) is 7.11 Å². The summed E-state index contributed by atoms with van der Waals surface area (Å²) in [4.78, 5) is 0. The Labute approximate surface area is 78.8 Å². The third-order valence-corrected chi connectivity index (χ3v) is 2.21. The van der Waals surface area contributed by atoms with Crippen LogP contribution in [-0.4, -0.2) is 44.4 Å². The van der Waals surface area contributed by atoms with Crippen molar-refractivity contribution in [2.45, 2.75) is 31.5 Å². The molecule has 2 unspecified atom stereocenters. The van der Waals surface area contributed by atoms with Gasteiger partial charge in [0.1, 0.15) is 6.79 Å². The summed E-state index contributed by atoms with van der Waals surface area (Å²) in [7, 11) is 1.63. The zero-order valence-corrected chi connectivity index (χ0v) is 8.07. The first-order valence-electron chi connectivity index (χ1n) is 4.71. The fourth-order valence-electron chi connectivity index (χ4n) is 1.44. The lowest BCUT2D eigenvalue weighted by atomic mass is 10.3. The SMILES string of the molecule is COCCOCOC1CCCC1O. The summed E-state index contributed by atoms with van der Waals surface area (Å²) in [5.41, 5.74) is 0. The monoisotopic (exact) mass is 190 g/mol. The van der Waals surface area contributed by atoms with Gasteiger partial charge in [0.25, 0.3) is 0 Å². The van der Waals surface area contributed by atoms with E-state index in [2.05, 4.69) is 0 Å². The molecule has 4 nitrogen and oxygen atoms in total. The molecule has 1 fully saturated rings. The molecular formula is C9H18O4. The molecule has 1 aliphatic carbocycles. The highest BCUT2D eigenvalue weighted by Crippen LogP contribution is 2.21. The molecule has 1 rings (SSSR count). The van der Waals surface area contributed by atoms with Crippen LogP contribution in [0, 0.1) is 0 Å². The smallest absolute Gasteiger partial charge is 0.147 e. The maximum absolute atomic E-state index is 9.39. The molecule has 1 N–H and O–H groups in total. The van der Waals surface area contributed by atoms with E-state index in [0.29, 0.717) is 13.2 Å². The largest absolute Gasteiger partial charge is 0.390 e. The Kier molecular flexibility index (Phi) is 5.31. The van der Waals surface area contributed by atoms with Gasteiger partial charge in [-0.1, -0.05) is 0 Å². The minimum Gasteiger partial charge on any atom is -0.390 e. The molecule has 0 aliphatic heterocycles. The zero-order chi connectivity index (χ0) is 9.52. The highest BCUT2D eigenvalue weighted by Gasteiger charge is 2.25. The molecule has 4 heteroatoms. The molecule has 0 aromatic rings. The predicted molar refractivity (Wildman–Crippen MR) is 47.4 cm³/mol. The second-order valence-corrected chi connectivity index (χ2v) is 3.22. The average Bonchev–Trinajstić information content (AvgIpc) is 2.52. The second-order valence-electron chi connectivity index (χ2n) is 3.22. The van der Waals surface area contributed by atoms with Crippen LogP contribution < -0.4 is 0 Å². The summed E-state index contributed by atoms with van der Waals surface area (Å²) in [5.74, 6) is 0. The van der Waals surface area contributed by atoms with Gasteiger partial charge in [0.05, 0.1) is 25.4 Å². The quantitative estimate of drug-likeness (QED) is 0.490. The summed E-state index contributed by atoms with van der Waals surface area (Å²) < 4.78 is 15.3. The van der Waals surface area contributed by atoms with Crippen molar-refractivity contribution in [1.82, 2.24) is 0 Å². The van der Waals surface area contributed by atoms with Crippen LogP contribution in [-0.2, 0) is 14.2 Å². The molecule has 0 heterocycles. The van der Waals surface area contributed by atoms with E-state index < -0.39 is 0 Å². The maximum Gasteiger partial charge on any atom is 0.147 e. The molecule has 2 atom stereocenters. The summed E-state index contributed by atoms with van der Waals surface area (Å²) >= 11 is 0. The Bertz CT molecular complexity index is 129. The van der Waals surface area contributed by atoms with Gasteiger partial charge in [0.2, 0.25) is 0 Å². The fraction of sp³-hybridized carbons (Fsp3) is 1.00. The van der Waals surface area contributed by atoms with Crippen LogP contribution in [0.15, 0.2) is 0 Å². The first-order valence-corrected chi connectivity index (χ1v) is 4.71. The Morgan fingerprint density at radius 1 is 1.31 bits per heavy atom. The van der Waals surface area contributed by atoms with Gasteiger partial charge < -0.3 is 19.3 Å². The first-order chi connectivity index (χ1) is 6.34. The van der Waals surface area contributed by atoms with E-state index in [1.165, 1.54) is 0 Å². The lowest BCUT2D eigenvalue weighted by molar-refractivity contribution is -0.120. The van der Waals surface area contributed by atoms with Crippen molar-refractivity contribution in [3.8, 4) is 0 Å². The number of rotatable bonds is 6. The molecule has 0 amide bonds. The van der Waals surface area contributed by atoms with Crippen molar-refractivity contribution in [2.24, 2.45) is 0 Å². The maximum atomic E-state index is 9.39. The van der Waals surface area contributed by atoms with Crippen molar-refractivity contribution < 1.29 is 19.3 Å². The normalized spacial score (nSPS) is 28.2. The third kappa shape index (κ3) is 4.04. The van der Waals surface area contributed by atoms with E-state index >= 15 is 0 Å². The Morgan fingerprint density at radius 2 is 2.15 bits per heavy atom. The summed E-state index contributed by atoms with van der Waals surface area (Å²) in [6, 6.07) is 0. The van der Waals surface area contributed by atoms with Gasteiger partial charge in [-0.3, -0.25) is 0 Å². The third-order valence-electron chi connectivity index (χ3n) is 2.21. The van der Waals surface area contributed by atoms with Crippen LogP contribution in [0.2, 0.25) is 0 Å². The lowest BCUT2D eigenvalue weighted by Crippen LogP contribution is -2.24. The molecule has 1 aliphatic rings. The molecule has 0 aromatic heterocycles. The number of hydrogen-bond acceptors (Lipinski definition) is 4. The summed E-state index contributed by atoms with van der Waals surface area (Å²) in [6.07, 6.45) is 2.51. The molecular weight excluding hydrogens is 172 g/mol. The van der Waals surface area contributed by atoms with Crippen LogP contribution in [0.25, 0.3) is 0 Å². The van der Waals surface area contributed by atoms with Gasteiger partial charge in [-0.25, -0.2) is 0 Å². The molecule has 13 heavy (non-hydrogen) atoms. The van der Waals surface area contributed by atoms with E-state index in [-0.39, 0.29) is 19.0 Å². The minimum absolute atomic E-state index is 0.0254. The van der Waals surface area contributed by atoms with E-state index in [4.69, 9.17) is 14.2 Å². The number of ether oxygens (including phenoxy) is 3. The van der Waals surface area contributed by atoms with Crippen molar-refractivity contribution in [2.75, 3.05) is 27.1 Å². The Morgan fingerprint density at radius 3 is 2.77 bits per heavy atom. The molecule has 0 bridgehead atoms. The highest BCUT2D eigenvalue weighted by atomic mass is 16.7. The first kappa shape index (κ1) is 10.9. The van der Waals surface area contributed by atoms with Crippen LogP contribution >= 0.6 is 0 Å². The summed E-state index contributed by atoms with van der Waals surface area (Å²) in [5, 5.41) is 9.39. The van der Waals surface area contributed by atoms with Crippen LogP contribution in [0.5, 0.6) is 0 Å². The van der Waals surface area contributed by atoms with E-state index in [0.717, 1.165) is 19.3 Å². The number of aliphatic hydroxyl groups is 1. The van der Waals surface area contributed by atoms with Crippen molar-refractivity contribution in [3.05, 3.63) is 0 Å². The van der Waals surface area contributed by atoms with Gasteiger partial charge in [0.15, 0.2) is 0 Å². The van der Waals surface area contributed by atoms with E-state index in [9.17, 15) is 5.11 Å². The van der Waals surface area contributed by atoms with Crippen LogP contribution in [0.3, 0.4) is 0 Å². The van der Waals surface area contributed by atoms with Crippen molar-refractivity contribution >= 4 is 0 Å². The molecule has 0 saturated heterocycles. The molecule has 78 valence electrons. The average molecular weight is 190 g/mol. The van der Waals surface area contributed by atoms with E-state index in [1.807, 2.05) is 0 Å². The van der Waals surface area contributed by atoms with Gasteiger partial charge in [-0.15, -0.1) is 0 Å². The molecule has 0 radical (unpaired) electrons. The van der Waals surface area contributed by atoms with Gasteiger partial charge in [-0.2, -0.15) is 0 Å². The summed E-state index contributed by atoms with van der Waals surface area (Å²) in [6.45, 7) is 1.38. The molecule has 1 saturated carbocycles. The second kappa shape index (κ2) is 6.32. The highest BCUT2D eigenvalue weighted by molar-refractivity contribution is 4.76. The van der Waals surface area contributed by atoms with Crippen LogP contribution in [0.4, 0.5) is 0 Å². The lowest BCUT2D eigenvalue weighted by Gasteiger charge is -2.15. The number of aliphatic hydroxyl groups excluding tert-OH is 1. The van der Waals surface area contributed by atoms with Gasteiger partial charge in [-0.05, 0) is 19.3 Å². The van der Waals surface area contributed by atoms with Crippen LogP contribution in [0.1, 0.15) is 19.3 Å². The minimum atomic E-state index is -0.300. The molecule has 0 aromatic carbocycles. The Balaban J connectivity index is 1.93. The van der Waals surface area contributed by atoms with Gasteiger partial charge in [0, 0.05) is 7.11 Å².